The Balaban J connectivity index is 1.56. The maximum atomic E-state index is 9.14. The zero-order valence-electron chi connectivity index (χ0n) is 10.9. The molecule has 100 valence electrons. The highest BCUT2D eigenvalue weighted by atomic mass is 79.9. The monoisotopic (exact) mass is 319 g/mol. The van der Waals surface area contributed by atoms with Crippen molar-refractivity contribution in [1.29, 1.82) is 5.26 Å². The molecule has 4 heteroatoms. The van der Waals surface area contributed by atoms with E-state index in [0.717, 1.165) is 28.7 Å². The van der Waals surface area contributed by atoms with Crippen molar-refractivity contribution in [2.45, 2.75) is 25.3 Å². The molecule has 0 aromatic heterocycles. The second kappa shape index (κ2) is 5.52. The van der Waals surface area contributed by atoms with E-state index in [0.29, 0.717) is 5.56 Å². The molecule has 2 aliphatic rings. The van der Waals surface area contributed by atoms with Crippen LogP contribution in [0.2, 0.25) is 0 Å². The van der Waals surface area contributed by atoms with Crippen LogP contribution in [0.1, 0.15) is 24.8 Å². The Labute approximate surface area is 122 Å². The highest BCUT2D eigenvalue weighted by Crippen LogP contribution is 2.32. The zero-order valence-corrected chi connectivity index (χ0v) is 12.5. The molecule has 1 aromatic carbocycles. The molecule has 19 heavy (non-hydrogen) atoms. The van der Waals surface area contributed by atoms with Crippen molar-refractivity contribution < 1.29 is 0 Å². The Kier molecular flexibility index (Phi) is 3.76. The number of nitriles is 1. The van der Waals surface area contributed by atoms with Crippen molar-refractivity contribution in [1.82, 2.24) is 4.90 Å². The molecule has 3 rings (SSSR count). The average molecular weight is 320 g/mol. The van der Waals surface area contributed by atoms with Crippen molar-refractivity contribution in [2.24, 2.45) is 5.92 Å². The molecule has 1 aromatic rings. The maximum Gasteiger partial charge on any atom is 0.101 e. The molecule has 0 bridgehead atoms. The summed E-state index contributed by atoms with van der Waals surface area (Å²) < 4.78 is 0.954. The molecule has 1 heterocycles. The van der Waals surface area contributed by atoms with Gasteiger partial charge in [0.05, 0.1) is 11.3 Å². The Bertz CT molecular complexity index is 505. The van der Waals surface area contributed by atoms with Gasteiger partial charge in [0.1, 0.15) is 6.07 Å². The minimum Gasteiger partial charge on any atom is -0.384 e. The summed E-state index contributed by atoms with van der Waals surface area (Å²) in [6.07, 6.45) is 4.07. The van der Waals surface area contributed by atoms with Crippen LogP contribution in [0.25, 0.3) is 0 Å². The largest absolute Gasteiger partial charge is 0.384 e. The van der Waals surface area contributed by atoms with E-state index in [1.807, 2.05) is 18.2 Å². The van der Waals surface area contributed by atoms with Gasteiger partial charge in [0.15, 0.2) is 0 Å². The molecule has 1 aliphatic heterocycles. The predicted molar refractivity (Wildman–Crippen MR) is 80.0 cm³/mol. The lowest BCUT2D eigenvalue weighted by atomic mass is 10.1. The Morgan fingerprint density at radius 3 is 2.95 bits per heavy atom. The van der Waals surface area contributed by atoms with Gasteiger partial charge in [-0.25, -0.2) is 0 Å². The minimum atomic E-state index is 0.714. The molecular formula is C15H18BrN3. The number of rotatable bonds is 4. The minimum absolute atomic E-state index is 0.714. The topological polar surface area (TPSA) is 39.1 Å². The fourth-order valence-electron chi connectivity index (χ4n) is 2.82. The molecule has 0 spiro atoms. The van der Waals surface area contributed by atoms with Crippen molar-refractivity contribution in [3.63, 3.8) is 0 Å². The van der Waals surface area contributed by atoms with Crippen LogP contribution in [0, 0.1) is 17.2 Å². The van der Waals surface area contributed by atoms with E-state index in [-0.39, 0.29) is 0 Å². The summed E-state index contributed by atoms with van der Waals surface area (Å²) in [6.45, 7) is 3.44. The van der Waals surface area contributed by atoms with Gasteiger partial charge in [0.25, 0.3) is 0 Å². The van der Waals surface area contributed by atoms with Crippen molar-refractivity contribution in [3.8, 4) is 6.07 Å². The third-order valence-corrected chi connectivity index (χ3v) is 4.56. The standard InChI is InChI=1S/C15H18BrN3/c16-13-1-4-15(12(7-13)8-17)18-9-11-5-6-19(10-11)14-2-3-14/h1,4,7,11,14,18H,2-3,5-6,9-10H2. The molecule has 0 amide bonds. The highest BCUT2D eigenvalue weighted by Gasteiger charge is 2.34. The van der Waals surface area contributed by atoms with E-state index in [9.17, 15) is 0 Å². The van der Waals surface area contributed by atoms with Crippen LogP contribution < -0.4 is 5.32 Å². The second-order valence-corrected chi connectivity index (χ2v) is 6.48. The molecule has 1 N–H and O–H groups in total. The van der Waals surface area contributed by atoms with Crippen LogP contribution in [0.3, 0.4) is 0 Å². The molecule has 1 saturated carbocycles. The molecule has 1 saturated heterocycles. The molecule has 3 nitrogen and oxygen atoms in total. The summed E-state index contributed by atoms with van der Waals surface area (Å²) >= 11 is 3.40. The average Bonchev–Trinajstić information content (AvgIpc) is 3.17. The third kappa shape index (κ3) is 3.10. The van der Waals surface area contributed by atoms with E-state index >= 15 is 0 Å². The summed E-state index contributed by atoms with van der Waals surface area (Å²) in [6, 6.07) is 8.96. The molecule has 1 unspecified atom stereocenters. The Morgan fingerprint density at radius 1 is 1.37 bits per heavy atom. The van der Waals surface area contributed by atoms with Gasteiger partial charge in [-0.2, -0.15) is 5.26 Å². The number of nitrogens with zero attached hydrogens (tertiary/aromatic N) is 2. The first-order valence-electron chi connectivity index (χ1n) is 6.94. The first-order valence-corrected chi connectivity index (χ1v) is 7.73. The number of benzene rings is 1. The quantitative estimate of drug-likeness (QED) is 0.926. The van der Waals surface area contributed by atoms with Gasteiger partial charge in [-0.05, 0) is 49.9 Å². The summed E-state index contributed by atoms with van der Waals surface area (Å²) in [7, 11) is 0. The number of likely N-dealkylation sites (tertiary alicyclic amines) is 1. The highest BCUT2D eigenvalue weighted by molar-refractivity contribution is 9.10. The summed E-state index contributed by atoms with van der Waals surface area (Å²) in [5.41, 5.74) is 1.67. The van der Waals surface area contributed by atoms with Gasteiger partial charge >= 0.3 is 0 Å². The number of nitrogens with one attached hydrogen (secondary N) is 1. The van der Waals surface area contributed by atoms with Crippen LogP contribution in [-0.2, 0) is 0 Å². The fraction of sp³-hybridized carbons (Fsp3) is 0.533. The second-order valence-electron chi connectivity index (χ2n) is 5.56. The van der Waals surface area contributed by atoms with Gasteiger partial charge in [0, 0.05) is 23.6 Å². The SMILES string of the molecule is N#Cc1cc(Br)ccc1NCC1CCN(C2CC2)C1. The normalized spacial score (nSPS) is 23.3. The Hall–Kier alpha value is -1.05. The lowest BCUT2D eigenvalue weighted by Crippen LogP contribution is -2.24. The van der Waals surface area contributed by atoms with Gasteiger partial charge in [-0.3, -0.25) is 0 Å². The number of anilines is 1. The molecular weight excluding hydrogens is 302 g/mol. The smallest absolute Gasteiger partial charge is 0.101 e. The number of hydrogen-bond acceptors (Lipinski definition) is 3. The van der Waals surface area contributed by atoms with Gasteiger partial charge in [0.2, 0.25) is 0 Å². The van der Waals surface area contributed by atoms with E-state index in [2.05, 4.69) is 32.2 Å². The number of halogens is 1. The van der Waals surface area contributed by atoms with Crippen molar-refractivity contribution in [2.75, 3.05) is 25.0 Å². The van der Waals surface area contributed by atoms with Crippen LogP contribution in [0.4, 0.5) is 5.69 Å². The van der Waals surface area contributed by atoms with Crippen LogP contribution in [0.15, 0.2) is 22.7 Å². The van der Waals surface area contributed by atoms with Crippen LogP contribution >= 0.6 is 15.9 Å². The van der Waals surface area contributed by atoms with Gasteiger partial charge < -0.3 is 10.2 Å². The summed E-state index contributed by atoms with van der Waals surface area (Å²) in [4.78, 5) is 2.62. The van der Waals surface area contributed by atoms with E-state index in [1.165, 1.54) is 32.4 Å². The Morgan fingerprint density at radius 2 is 2.21 bits per heavy atom. The first kappa shape index (κ1) is 13.0. The van der Waals surface area contributed by atoms with E-state index in [4.69, 9.17) is 5.26 Å². The van der Waals surface area contributed by atoms with Crippen molar-refractivity contribution in [3.05, 3.63) is 28.2 Å². The zero-order chi connectivity index (χ0) is 13.2. The lowest BCUT2D eigenvalue weighted by molar-refractivity contribution is 0.316. The van der Waals surface area contributed by atoms with E-state index in [1.54, 1.807) is 0 Å². The van der Waals surface area contributed by atoms with Gasteiger partial charge in [-0.15, -0.1) is 0 Å². The molecule has 0 radical (unpaired) electrons. The van der Waals surface area contributed by atoms with Crippen LogP contribution in [0.5, 0.6) is 0 Å². The third-order valence-electron chi connectivity index (χ3n) is 4.06. The molecule has 1 atom stereocenters. The fourth-order valence-corrected chi connectivity index (χ4v) is 3.18. The van der Waals surface area contributed by atoms with Crippen molar-refractivity contribution >= 4 is 21.6 Å². The van der Waals surface area contributed by atoms with Crippen LogP contribution in [-0.4, -0.2) is 30.6 Å². The first-order chi connectivity index (χ1) is 9.26. The van der Waals surface area contributed by atoms with E-state index < -0.39 is 0 Å². The summed E-state index contributed by atoms with van der Waals surface area (Å²) in [5.74, 6) is 0.718. The molecule has 1 aliphatic carbocycles. The predicted octanol–water partition coefficient (Wildman–Crippen LogP) is 3.22. The summed E-state index contributed by atoms with van der Waals surface area (Å²) in [5, 5.41) is 12.6. The molecule has 2 fully saturated rings. The van der Waals surface area contributed by atoms with Gasteiger partial charge in [-0.1, -0.05) is 15.9 Å². The lowest BCUT2D eigenvalue weighted by Gasteiger charge is -2.16. The maximum absolute atomic E-state index is 9.14. The number of hydrogen-bond donors (Lipinski definition) is 1.